The molecular weight excluding hydrogens is 328 g/mol. The van der Waals surface area contributed by atoms with Gasteiger partial charge in [0, 0.05) is 50.5 Å². The number of morpholine rings is 1. The first kappa shape index (κ1) is 19.2. The maximum absolute atomic E-state index is 5.96. The minimum Gasteiger partial charge on any atom is -0.370 e. The molecule has 0 spiro atoms. The molecule has 7 heteroatoms. The van der Waals surface area contributed by atoms with Crippen molar-refractivity contribution in [2.24, 2.45) is 12.0 Å². The minimum absolute atomic E-state index is 0.0555. The van der Waals surface area contributed by atoms with Crippen molar-refractivity contribution >= 4 is 5.96 Å². The predicted molar refractivity (Wildman–Crippen MR) is 104 cm³/mol. The van der Waals surface area contributed by atoms with Gasteiger partial charge in [0.25, 0.3) is 0 Å². The van der Waals surface area contributed by atoms with Gasteiger partial charge in [0.2, 0.25) is 0 Å². The molecule has 1 atom stereocenters. The largest absolute Gasteiger partial charge is 0.370 e. The Bertz CT molecular complexity index is 593. The third-order valence-corrected chi connectivity index (χ3v) is 5.10. The van der Waals surface area contributed by atoms with Gasteiger partial charge in [-0.1, -0.05) is 0 Å². The van der Waals surface area contributed by atoms with Crippen LogP contribution in [-0.2, 0) is 11.8 Å². The fourth-order valence-corrected chi connectivity index (χ4v) is 3.62. The zero-order chi connectivity index (χ0) is 18.5. The van der Waals surface area contributed by atoms with Crippen molar-refractivity contribution in [3.63, 3.8) is 0 Å². The number of aliphatic imine (C=N–C) groups is 1. The number of ether oxygens (including phenoxy) is 1. The summed E-state index contributed by atoms with van der Waals surface area (Å²) in [6.45, 7) is 11.8. The molecule has 2 heterocycles. The van der Waals surface area contributed by atoms with E-state index >= 15 is 0 Å². The lowest BCUT2D eigenvalue weighted by molar-refractivity contribution is -0.00805. The van der Waals surface area contributed by atoms with Crippen molar-refractivity contribution < 1.29 is 4.74 Å². The summed E-state index contributed by atoms with van der Waals surface area (Å²) in [5.74, 6) is 1.00. The summed E-state index contributed by atoms with van der Waals surface area (Å²) in [7, 11) is 1.94. The third-order valence-electron chi connectivity index (χ3n) is 5.10. The fourth-order valence-electron chi connectivity index (χ4n) is 3.62. The number of nitrogens with zero attached hydrogens (tertiary/aromatic N) is 5. The molecule has 2 fully saturated rings. The van der Waals surface area contributed by atoms with Gasteiger partial charge in [-0.2, -0.15) is 5.10 Å². The topological polar surface area (TPSA) is 57.9 Å². The highest BCUT2D eigenvalue weighted by Gasteiger charge is 2.30. The van der Waals surface area contributed by atoms with Crippen molar-refractivity contribution in [2.45, 2.75) is 51.8 Å². The second kappa shape index (κ2) is 8.86. The van der Waals surface area contributed by atoms with Crippen molar-refractivity contribution in [3.8, 4) is 0 Å². The van der Waals surface area contributed by atoms with Gasteiger partial charge in [-0.15, -0.1) is 0 Å². The number of nitrogens with one attached hydrogen (secondary N) is 1. The summed E-state index contributed by atoms with van der Waals surface area (Å²) < 4.78 is 7.79. The monoisotopic (exact) mass is 362 g/mol. The van der Waals surface area contributed by atoms with Crippen LogP contribution in [0.3, 0.4) is 0 Å². The van der Waals surface area contributed by atoms with Gasteiger partial charge in [0.1, 0.15) is 6.10 Å². The van der Waals surface area contributed by atoms with Gasteiger partial charge in [-0.3, -0.25) is 14.6 Å². The Balaban J connectivity index is 1.60. The molecule has 0 aromatic carbocycles. The molecule has 1 aromatic rings. The molecule has 1 aliphatic heterocycles. The molecule has 0 amide bonds. The van der Waals surface area contributed by atoms with E-state index in [0.29, 0.717) is 12.6 Å². The lowest BCUT2D eigenvalue weighted by Crippen LogP contribution is -2.48. The van der Waals surface area contributed by atoms with Crippen LogP contribution >= 0.6 is 0 Å². The van der Waals surface area contributed by atoms with E-state index in [9.17, 15) is 0 Å². The molecule has 1 N–H and O–H groups in total. The zero-order valence-corrected chi connectivity index (χ0v) is 16.7. The maximum Gasteiger partial charge on any atom is 0.194 e. The second-order valence-corrected chi connectivity index (χ2v) is 7.55. The Kier molecular flexibility index (Phi) is 6.53. The molecule has 1 aromatic heterocycles. The van der Waals surface area contributed by atoms with Gasteiger partial charge < -0.3 is 15.0 Å². The van der Waals surface area contributed by atoms with Crippen LogP contribution in [0.25, 0.3) is 0 Å². The Hall–Kier alpha value is -1.60. The number of guanidine groups is 1. The van der Waals surface area contributed by atoms with E-state index in [0.717, 1.165) is 50.3 Å². The van der Waals surface area contributed by atoms with Gasteiger partial charge in [0.05, 0.1) is 25.9 Å². The standard InChI is InChI=1S/C19H34N6O/c1-5-20-19(21-8-9-25(15(2)3)17-6-7-17)24-10-11-26-18(14-24)16-12-22-23(4)13-16/h12-13,15,17-18H,5-11,14H2,1-4H3,(H,20,21). The summed E-state index contributed by atoms with van der Waals surface area (Å²) in [4.78, 5) is 9.83. The number of aromatic nitrogens is 2. The molecule has 146 valence electrons. The van der Waals surface area contributed by atoms with Crippen molar-refractivity contribution in [1.82, 2.24) is 24.9 Å². The first-order valence-electron chi connectivity index (χ1n) is 9.97. The maximum atomic E-state index is 5.96. The summed E-state index contributed by atoms with van der Waals surface area (Å²) in [6.07, 6.45) is 6.68. The number of rotatable bonds is 7. The average molecular weight is 363 g/mol. The first-order chi connectivity index (χ1) is 12.6. The van der Waals surface area contributed by atoms with Gasteiger partial charge in [-0.05, 0) is 33.6 Å². The van der Waals surface area contributed by atoms with E-state index < -0.39 is 0 Å². The summed E-state index contributed by atoms with van der Waals surface area (Å²) in [5, 5.41) is 7.73. The van der Waals surface area contributed by atoms with Crippen LogP contribution in [0.1, 0.15) is 45.3 Å². The van der Waals surface area contributed by atoms with E-state index in [2.05, 4.69) is 41.0 Å². The highest BCUT2D eigenvalue weighted by molar-refractivity contribution is 5.80. The van der Waals surface area contributed by atoms with Gasteiger partial charge in [-0.25, -0.2) is 0 Å². The SMILES string of the molecule is CCNC(=NCCN(C(C)C)C1CC1)N1CCOC(c2cnn(C)c2)C1. The van der Waals surface area contributed by atoms with Crippen LogP contribution in [0.2, 0.25) is 0 Å². The lowest BCUT2D eigenvalue weighted by Gasteiger charge is -2.35. The average Bonchev–Trinajstić information content (AvgIpc) is 3.37. The molecule has 26 heavy (non-hydrogen) atoms. The molecule has 3 rings (SSSR count). The Labute approximate surface area is 157 Å². The van der Waals surface area contributed by atoms with Crippen molar-refractivity contribution in [3.05, 3.63) is 18.0 Å². The normalized spacial score (nSPS) is 21.7. The molecule has 0 radical (unpaired) electrons. The molecule has 1 saturated carbocycles. The van der Waals surface area contributed by atoms with E-state index in [4.69, 9.17) is 9.73 Å². The van der Waals surface area contributed by atoms with Crippen LogP contribution in [0.5, 0.6) is 0 Å². The summed E-state index contributed by atoms with van der Waals surface area (Å²) >= 11 is 0. The molecule has 0 bridgehead atoms. The summed E-state index contributed by atoms with van der Waals surface area (Å²) in [6, 6.07) is 1.38. The molecule has 1 aliphatic carbocycles. The Morgan fingerprint density at radius 1 is 1.46 bits per heavy atom. The highest BCUT2D eigenvalue weighted by Crippen LogP contribution is 2.28. The van der Waals surface area contributed by atoms with Crippen molar-refractivity contribution in [2.75, 3.05) is 39.3 Å². The van der Waals surface area contributed by atoms with Crippen LogP contribution < -0.4 is 5.32 Å². The fraction of sp³-hybridized carbons (Fsp3) is 0.789. The molecule has 7 nitrogen and oxygen atoms in total. The smallest absolute Gasteiger partial charge is 0.194 e. The number of hydrogen-bond acceptors (Lipinski definition) is 4. The molecular formula is C19H34N6O. The molecule has 2 aliphatic rings. The minimum atomic E-state index is 0.0555. The van der Waals surface area contributed by atoms with E-state index in [1.165, 1.54) is 12.8 Å². The molecule has 1 saturated heterocycles. The quantitative estimate of drug-likeness (QED) is 0.590. The third kappa shape index (κ3) is 4.98. The Morgan fingerprint density at radius 2 is 2.27 bits per heavy atom. The van der Waals surface area contributed by atoms with E-state index in [1.807, 2.05) is 24.1 Å². The second-order valence-electron chi connectivity index (χ2n) is 7.55. The van der Waals surface area contributed by atoms with Gasteiger partial charge in [0.15, 0.2) is 5.96 Å². The van der Waals surface area contributed by atoms with Gasteiger partial charge >= 0.3 is 0 Å². The Morgan fingerprint density at radius 3 is 2.88 bits per heavy atom. The van der Waals surface area contributed by atoms with E-state index in [-0.39, 0.29) is 6.10 Å². The zero-order valence-electron chi connectivity index (χ0n) is 16.7. The molecule has 1 unspecified atom stereocenters. The number of hydrogen-bond donors (Lipinski definition) is 1. The predicted octanol–water partition coefficient (Wildman–Crippen LogP) is 1.63. The van der Waals surface area contributed by atoms with Crippen LogP contribution in [0.15, 0.2) is 17.4 Å². The van der Waals surface area contributed by atoms with Crippen LogP contribution in [0, 0.1) is 0 Å². The van der Waals surface area contributed by atoms with Crippen molar-refractivity contribution in [1.29, 1.82) is 0 Å². The number of aryl methyl sites for hydroxylation is 1. The van der Waals surface area contributed by atoms with Crippen LogP contribution in [0.4, 0.5) is 0 Å². The first-order valence-corrected chi connectivity index (χ1v) is 9.97. The summed E-state index contributed by atoms with van der Waals surface area (Å²) in [5.41, 5.74) is 1.13. The highest BCUT2D eigenvalue weighted by atomic mass is 16.5. The van der Waals surface area contributed by atoms with Crippen LogP contribution in [-0.4, -0.2) is 77.0 Å². The van der Waals surface area contributed by atoms with E-state index in [1.54, 1.807) is 0 Å². The lowest BCUT2D eigenvalue weighted by atomic mass is 10.1.